The van der Waals surface area contributed by atoms with Gasteiger partial charge in [0.2, 0.25) is 10.0 Å². The Morgan fingerprint density at radius 1 is 1.24 bits per heavy atom. The van der Waals surface area contributed by atoms with Crippen LogP contribution in [0.1, 0.15) is 39.2 Å². The molecule has 1 aliphatic rings. The molecular formula is C18H28N2O4S. The van der Waals surface area contributed by atoms with E-state index in [9.17, 15) is 13.2 Å². The van der Waals surface area contributed by atoms with Crippen LogP contribution in [0.15, 0.2) is 23.1 Å². The Bertz CT molecular complexity index is 717. The molecular weight excluding hydrogens is 340 g/mol. The number of carbonyl (C=O) groups excluding carboxylic acids is 1. The van der Waals surface area contributed by atoms with Crippen molar-refractivity contribution in [3.8, 4) is 5.75 Å². The molecule has 0 radical (unpaired) electrons. The number of hydrogen-bond donors (Lipinski definition) is 1. The second-order valence-electron chi connectivity index (χ2n) is 7.66. The summed E-state index contributed by atoms with van der Waals surface area (Å²) in [5.41, 5.74) is 0.709. The van der Waals surface area contributed by atoms with Crippen molar-refractivity contribution in [3.63, 3.8) is 0 Å². The Kier molecular flexibility index (Phi) is 6.11. The topological polar surface area (TPSA) is 75.7 Å². The van der Waals surface area contributed by atoms with Crippen molar-refractivity contribution in [2.24, 2.45) is 5.41 Å². The minimum atomic E-state index is -3.44. The Morgan fingerprint density at radius 3 is 2.44 bits per heavy atom. The van der Waals surface area contributed by atoms with Gasteiger partial charge in [0.15, 0.2) is 6.61 Å². The summed E-state index contributed by atoms with van der Waals surface area (Å²) in [5, 5.41) is 2.82. The second-order valence-corrected chi connectivity index (χ2v) is 9.60. The third-order valence-electron chi connectivity index (χ3n) is 4.02. The van der Waals surface area contributed by atoms with Crippen LogP contribution in [0.2, 0.25) is 0 Å². The molecule has 0 aromatic heterocycles. The van der Waals surface area contributed by atoms with Crippen LogP contribution in [0.3, 0.4) is 0 Å². The van der Waals surface area contributed by atoms with Gasteiger partial charge in [0.05, 0.1) is 4.90 Å². The van der Waals surface area contributed by atoms with E-state index in [1.165, 1.54) is 4.31 Å². The van der Waals surface area contributed by atoms with E-state index < -0.39 is 10.0 Å². The zero-order chi connectivity index (χ0) is 18.7. The molecule has 7 heteroatoms. The minimum absolute atomic E-state index is 0.0111. The van der Waals surface area contributed by atoms with Crippen LogP contribution < -0.4 is 10.1 Å². The Balaban J connectivity index is 1.99. The van der Waals surface area contributed by atoms with Crippen molar-refractivity contribution in [1.29, 1.82) is 0 Å². The van der Waals surface area contributed by atoms with Crippen LogP contribution in [0.4, 0.5) is 0 Å². The van der Waals surface area contributed by atoms with Crippen LogP contribution in [-0.2, 0) is 14.8 Å². The van der Waals surface area contributed by atoms with Crippen molar-refractivity contribution in [2.75, 3.05) is 26.2 Å². The highest BCUT2D eigenvalue weighted by Gasteiger charge is 2.27. The molecule has 1 fully saturated rings. The molecule has 1 amide bonds. The van der Waals surface area contributed by atoms with Gasteiger partial charge in [-0.1, -0.05) is 20.8 Å². The maximum absolute atomic E-state index is 12.6. The molecule has 140 valence electrons. The number of amides is 1. The first-order valence-electron chi connectivity index (χ1n) is 8.60. The largest absolute Gasteiger partial charge is 0.484 e. The molecule has 1 aromatic rings. The van der Waals surface area contributed by atoms with Crippen LogP contribution >= 0.6 is 0 Å². The molecule has 0 bridgehead atoms. The van der Waals surface area contributed by atoms with Gasteiger partial charge in [-0.05, 0) is 48.9 Å². The number of nitrogens with one attached hydrogen (secondary N) is 1. The molecule has 1 saturated heterocycles. The lowest BCUT2D eigenvalue weighted by atomic mass is 9.97. The standard InChI is InChI=1S/C18H28N2O4S/c1-14-11-15(25(22,23)20-9-5-6-10-20)7-8-16(14)24-12-17(21)19-13-18(2,3)4/h7-8,11H,5-6,9-10,12-13H2,1-4H3,(H,19,21). The fourth-order valence-electron chi connectivity index (χ4n) is 2.58. The molecule has 25 heavy (non-hydrogen) atoms. The number of nitrogens with zero attached hydrogens (tertiary/aromatic N) is 1. The molecule has 0 aliphatic carbocycles. The van der Waals surface area contributed by atoms with Crippen LogP contribution in [0.5, 0.6) is 5.75 Å². The number of aryl methyl sites for hydroxylation is 1. The van der Waals surface area contributed by atoms with Crippen LogP contribution in [0.25, 0.3) is 0 Å². The molecule has 1 N–H and O–H groups in total. The number of hydrogen-bond acceptors (Lipinski definition) is 4. The SMILES string of the molecule is Cc1cc(S(=O)(=O)N2CCCC2)ccc1OCC(=O)NCC(C)(C)C. The summed E-state index contributed by atoms with van der Waals surface area (Å²) in [6.07, 6.45) is 1.81. The van der Waals surface area contributed by atoms with Crippen molar-refractivity contribution in [3.05, 3.63) is 23.8 Å². The molecule has 6 nitrogen and oxygen atoms in total. The number of carbonyl (C=O) groups is 1. The van der Waals surface area contributed by atoms with Gasteiger partial charge in [0, 0.05) is 19.6 Å². The third kappa shape index (κ3) is 5.44. The molecule has 0 spiro atoms. The smallest absolute Gasteiger partial charge is 0.257 e. The van der Waals surface area contributed by atoms with Gasteiger partial charge in [0.1, 0.15) is 5.75 Å². The zero-order valence-electron chi connectivity index (χ0n) is 15.5. The van der Waals surface area contributed by atoms with Gasteiger partial charge in [-0.2, -0.15) is 4.31 Å². The van der Waals surface area contributed by atoms with E-state index >= 15 is 0 Å². The highest BCUT2D eigenvalue weighted by atomic mass is 32.2. The average Bonchev–Trinajstić information content (AvgIpc) is 3.06. The highest BCUT2D eigenvalue weighted by molar-refractivity contribution is 7.89. The Labute approximate surface area is 150 Å². The normalized spacial score (nSPS) is 16.0. The lowest BCUT2D eigenvalue weighted by molar-refractivity contribution is -0.123. The number of ether oxygens (including phenoxy) is 1. The molecule has 2 rings (SSSR count). The Hall–Kier alpha value is -1.60. The van der Waals surface area contributed by atoms with E-state index in [2.05, 4.69) is 5.32 Å². The molecule has 0 saturated carbocycles. The minimum Gasteiger partial charge on any atom is -0.484 e. The van der Waals surface area contributed by atoms with Gasteiger partial charge in [-0.3, -0.25) is 4.79 Å². The van der Waals surface area contributed by atoms with Gasteiger partial charge in [-0.15, -0.1) is 0 Å². The number of rotatable bonds is 6. The first-order valence-corrected chi connectivity index (χ1v) is 10.0. The predicted molar refractivity (Wildman–Crippen MR) is 97.1 cm³/mol. The number of sulfonamides is 1. The van der Waals surface area contributed by atoms with Gasteiger partial charge in [-0.25, -0.2) is 8.42 Å². The van der Waals surface area contributed by atoms with E-state index in [0.717, 1.165) is 12.8 Å². The monoisotopic (exact) mass is 368 g/mol. The number of benzene rings is 1. The summed E-state index contributed by atoms with van der Waals surface area (Å²) in [6, 6.07) is 4.77. The summed E-state index contributed by atoms with van der Waals surface area (Å²) in [7, 11) is -3.44. The zero-order valence-corrected chi connectivity index (χ0v) is 16.3. The van der Waals surface area contributed by atoms with E-state index in [-0.39, 0.29) is 22.8 Å². The average molecular weight is 368 g/mol. The summed E-state index contributed by atoms with van der Waals surface area (Å²) in [5.74, 6) is 0.328. The fraction of sp³-hybridized carbons (Fsp3) is 0.611. The molecule has 1 aromatic carbocycles. The molecule has 1 aliphatic heterocycles. The lowest BCUT2D eigenvalue weighted by Crippen LogP contribution is -2.35. The van der Waals surface area contributed by atoms with Crippen LogP contribution in [-0.4, -0.2) is 44.9 Å². The van der Waals surface area contributed by atoms with Crippen molar-refractivity contribution >= 4 is 15.9 Å². The Morgan fingerprint density at radius 2 is 1.88 bits per heavy atom. The lowest BCUT2D eigenvalue weighted by Gasteiger charge is -2.19. The van der Waals surface area contributed by atoms with Crippen molar-refractivity contribution < 1.29 is 17.9 Å². The maximum atomic E-state index is 12.6. The fourth-order valence-corrected chi connectivity index (χ4v) is 4.18. The van der Waals surface area contributed by atoms with Gasteiger partial charge < -0.3 is 10.1 Å². The van der Waals surface area contributed by atoms with Crippen molar-refractivity contribution in [1.82, 2.24) is 9.62 Å². The molecule has 1 heterocycles. The summed E-state index contributed by atoms with van der Waals surface area (Å²) >= 11 is 0. The van der Waals surface area contributed by atoms with E-state index in [1.807, 2.05) is 20.8 Å². The quantitative estimate of drug-likeness (QED) is 0.836. The summed E-state index contributed by atoms with van der Waals surface area (Å²) < 4.78 is 32.2. The van der Waals surface area contributed by atoms with Crippen LogP contribution in [0, 0.1) is 12.3 Å². The van der Waals surface area contributed by atoms with Gasteiger partial charge in [0.25, 0.3) is 5.91 Å². The first-order chi connectivity index (χ1) is 11.6. The molecule has 0 unspecified atom stereocenters. The van der Waals surface area contributed by atoms with Crippen molar-refractivity contribution in [2.45, 2.75) is 45.4 Å². The summed E-state index contributed by atoms with van der Waals surface area (Å²) in [4.78, 5) is 12.1. The maximum Gasteiger partial charge on any atom is 0.257 e. The second kappa shape index (κ2) is 7.74. The highest BCUT2D eigenvalue weighted by Crippen LogP contribution is 2.26. The predicted octanol–water partition coefficient (Wildman–Crippen LogP) is 2.32. The summed E-state index contributed by atoms with van der Waals surface area (Å²) in [6.45, 7) is 9.54. The van der Waals surface area contributed by atoms with E-state index in [4.69, 9.17) is 4.74 Å². The van der Waals surface area contributed by atoms with E-state index in [1.54, 1.807) is 25.1 Å². The molecule has 0 atom stereocenters. The van der Waals surface area contributed by atoms with E-state index in [0.29, 0.717) is 30.9 Å². The first kappa shape index (κ1) is 19.7. The van der Waals surface area contributed by atoms with Gasteiger partial charge >= 0.3 is 0 Å². The third-order valence-corrected chi connectivity index (χ3v) is 5.92.